The molecule has 0 aromatic carbocycles. The van der Waals surface area contributed by atoms with Gasteiger partial charge in [-0.1, -0.05) is 13.8 Å². The van der Waals surface area contributed by atoms with Gasteiger partial charge in [0.15, 0.2) is 0 Å². The van der Waals surface area contributed by atoms with Gasteiger partial charge in [-0.3, -0.25) is 14.9 Å². The van der Waals surface area contributed by atoms with Gasteiger partial charge in [0.05, 0.1) is 6.61 Å². The lowest BCUT2D eigenvalue weighted by Crippen LogP contribution is -2.29. The molecule has 0 N–H and O–H groups in total. The first-order valence-corrected chi connectivity index (χ1v) is 4.27. The zero-order valence-corrected chi connectivity index (χ0v) is 8.15. The summed E-state index contributed by atoms with van der Waals surface area (Å²) in [5.74, 6) is -1.17. The number of nitro groups is 1. The van der Waals surface area contributed by atoms with Crippen molar-refractivity contribution >= 4 is 5.97 Å². The summed E-state index contributed by atoms with van der Waals surface area (Å²) in [5.41, 5.74) is 0. The molecule has 0 aliphatic heterocycles. The summed E-state index contributed by atoms with van der Waals surface area (Å²) in [6, 6.07) is 0. The molecule has 0 bridgehead atoms. The van der Waals surface area contributed by atoms with E-state index in [1.54, 1.807) is 20.8 Å². The Morgan fingerprint density at radius 2 is 2.08 bits per heavy atom. The molecule has 0 fully saturated rings. The number of ether oxygens (including phenoxy) is 1. The summed E-state index contributed by atoms with van der Waals surface area (Å²) < 4.78 is 4.72. The molecule has 1 atom stereocenters. The van der Waals surface area contributed by atoms with E-state index in [9.17, 15) is 14.9 Å². The Morgan fingerprint density at radius 3 is 2.38 bits per heavy atom. The summed E-state index contributed by atoms with van der Waals surface area (Å²) in [6.07, 6.45) is 0. The van der Waals surface area contributed by atoms with E-state index >= 15 is 0 Å². The van der Waals surface area contributed by atoms with E-state index in [-0.39, 0.29) is 19.1 Å². The quantitative estimate of drug-likeness (QED) is 0.369. The first-order chi connectivity index (χ1) is 5.99. The predicted octanol–water partition coefficient (Wildman–Crippen LogP) is 1.10. The molecule has 0 radical (unpaired) electrons. The number of nitrogens with zero attached hydrogens (tertiary/aromatic N) is 1. The van der Waals surface area contributed by atoms with E-state index < -0.39 is 16.8 Å². The average Bonchev–Trinajstić information content (AvgIpc) is 1.99. The van der Waals surface area contributed by atoms with E-state index in [1.807, 2.05) is 0 Å². The second-order valence-corrected chi connectivity index (χ2v) is 3.12. The first-order valence-electron chi connectivity index (χ1n) is 4.27. The van der Waals surface area contributed by atoms with Crippen molar-refractivity contribution in [2.75, 3.05) is 13.2 Å². The molecule has 0 aromatic rings. The molecule has 5 nitrogen and oxygen atoms in total. The van der Waals surface area contributed by atoms with Crippen LogP contribution in [0.4, 0.5) is 0 Å². The van der Waals surface area contributed by atoms with Gasteiger partial charge in [0.2, 0.25) is 6.54 Å². The molecule has 0 aliphatic rings. The Morgan fingerprint density at radius 1 is 1.54 bits per heavy atom. The third-order valence-corrected chi connectivity index (χ3v) is 1.74. The fourth-order valence-electron chi connectivity index (χ4n) is 0.967. The molecule has 5 heteroatoms. The highest BCUT2D eigenvalue weighted by Crippen LogP contribution is 2.12. The SMILES string of the molecule is CCOC(=O)C(C[N+](=O)[O-])C(C)C. The standard InChI is InChI=1S/C8H15NO4/c1-4-13-8(10)7(6(2)3)5-9(11)12/h6-7H,4-5H2,1-3H3. The highest BCUT2D eigenvalue weighted by molar-refractivity contribution is 5.72. The van der Waals surface area contributed by atoms with Gasteiger partial charge >= 0.3 is 5.97 Å². The number of rotatable bonds is 5. The molecule has 0 aliphatic carbocycles. The van der Waals surface area contributed by atoms with Crippen LogP contribution in [0.15, 0.2) is 0 Å². The molecular formula is C8H15NO4. The van der Waals surface area contributed by atoms with Crippen LogP contribution in [0.3, 0.4) is 0 Å². The minimum absolute atomic E-state index is 0.0653. The van der Waals surface area contributed by atoms with Gasteiger partial charge in [-0.2, -0.15) is 0 Å². The smallest absolute Gasteiger partial charge is 0.315 e. The first kappa shape index (κ1) is 11.9. The van der Waals surface area contributed by atoms with E-state index in [1.165, 1.54) is 0 Å². The van der Waals surface area contributed by atoms with Crippen LogP contribution < -0.4 is 0 Å². The van der Waals surface area contributed by atoms with Crippen LogP contribution >= 0.6 is 0 Å². The number of hydrogen-bond donors (Lipinski definition) is 0. The highest BCUT2D eigenvalue weighted by Gasteiger charge is 2.28. The van der Waals surface area contributed by atoms with Crippen molar-refractivity contribution in [1.82, 2.24) is 0 Å². The summed E-state index contributed by atoms with van der Waals surface area (Å²) >= 11 is 0. The summed E-state index contributed by atoms with van der Waals surface area (Å²) in [6.45, 7) is 5.13. The fourth-order valence-corrected chi connectivity index (χ4v) is 0.967. The van der Waals surface area contributed by atoms with Crippen LogP contribution in [-0.4, -0.2) is 24.0 Å². The molecule has 0 aromatic heterocycles. The maximum absolute atomic E-state index is 11.2. The lowest BCUT2D eigenvalue weighted by atomic mass is 9.96. The maximum Gasteiger partial charge on any atom is 0.315 e. The number of esters is 1. The van der Waals surface area contributed by atoms with E-state index in [2.05, 4.69) is 0 Å². The zero-order chi connectivity index (χ0) is 10.4. The third-order valence-electron chi connectivity index (χ3n) is 1.74. The lowest BCUT2D eigenvalue weighted by Gasteiger charge is -2.14. The third kappa shape index (κ3) is 4.45. The number of carbonyl (C=O) groups is 1. The highest BCUT2D eigenvalue weighted by atomic mass is 16.6. The minimum Gasteiger partial charge on any atom is -0.466 e. The van der Waals surface area contributed by atoms with Crippen molar-refractivity contribution in [2.24, 2.45) is 11.8 Å². The molecule has 0 saturated heterocycles. The van der Waals surface area contributed by atoms with Gasteiger partial charge in [0.1, 0.15) is 5.92 Å². The fraction of sp³-hybridized carbons (Fsp3) is 0.875. The van der Waals surface area contributed by atoms with Crippen LogP contribution in [0.5, 0.6) is 0 Å². The van der Waals surface area contributed by atoms with Gasteiger partial charge < -0.3 is 4.74 Å². The Labute approximate surface area is 77.2 Å². The van der Waals surface area contributed by atoms with Crippen LogP contribution in [-0.2, 0) is 9.53 Å². The zero-order valence-electron chi connectivity index (χ0n) is 8.15. The van der Waals surface area contributed by atoms with Crippen molar-refractivity contribution in [1.29, 1.82) is 0 Å². The molecule has 0 heterocycles. The van der Waals surface area contributed by atoms with Crippen LogP contribution in [0, 0.1) is 22.0 Å². The van der Waals surface area contributed by atoms with Gasteiger partial charge in [0, 0.05) is 4.92 Å². The molecular weight excluding hydrogens is 174 g/mol. The lowest BCUT2D eigenvalue weighted by molar-refractivity contribution is -0.487. The predicted molar refractivity (Wildman–Crippen MR) is 46.8 cm³/mol. The largest absolute Gasteiger partial charge is 0.466 e. The maximum atomic E-state index is 11.2. The van der Waals surface area contributed by atoms with Gasteiger partial charge in [-0.25, -0.2) is 0 Å². The van der Waals surface area contributed by atoms with E-state index in [0.29, 0.717) is 0 Å². The summed E-state index contributed by atoms with van der Waals surface area (Å²) in [4.78, 5) is 20.9. The molecule has 0 amide bonds. The molecule has 0 rings (SSSR count). The molecule has 0 spiro atoms. The normalized spacial score (nSPS) is 12.6. The number of carbonyl (C=O) groups excluding carboxylic acids is 1. The van der Waals surface area contributed by atoms with Gasteiger partial charge in [-0.15, -0.1) is 0 Å². The average molecular weight is 189 g/mol. The Kier molecular flexibility index (Phi) is 5.03. The van der Waals surface area contributed by atoms with Gasteiger partial charge in [-0.05, 0) is 12.8 Å². The molecule has 76 valence electrons. The molecule has 1 unspecified atom stereocenters. The van der Waals surface area contributed by atoms with Crippen LogP contribution in [0.1, 0.15) is 20.8 Å². The minimum atomic E-state index is -0.630. The van der Waals surface area contributed by atoms with E-state index in [4.69, 9.17) is 4.74 Å². The van der Waals surface area contributed by atoms with Crippen molar-refractivity contribution < 1.29 is 14.5 Å². The van der Waals surface area contributed by atoms with Crippen molar-refractivity contribution in [3.8, 4) is 0 Å². The summed E-state index contributed by atoms with van der Waals surface area (Å²) in [7, 11) is 0. The Hall–Kier alpha value is -1.13. The van der Waals surface area contributed by atoms with Gasteiger partial charge in [0.25, 0.3) is 0 Å². The van der Waals surface area contributed by atoms with Crippen LogP contribution in [0.25, 0.3) is 0 Å². The van der Waals surface area contributed by atoms with Crippen LogP contribution in [0.2, 0.25) is 0 Å². The Bertz CT molecular complexity index is 191. The Balaban J connectivity index is 4.24. The van der Waals surface area contributed by atoms with Crippen molar-refractivity contribution in [3.63, 3.8) is 0 Å². The second kappa shape index (κ2) is 5.50. The monoisotopic (exact) mass is 189 g/mol. The molecule has 0 saturated carbocycles. The topological polar surface area (TPSA) is 69.4 Å². The second-order valence-electron chi connectivity index (χ2n) is 3.12. The molecule has 13 heavy (non-hydrogen) atoms. The summed E-state index contributed by atoms with van der Waals surface area (Å²) in [5, 5.41) is 10.2. The van der Waals surface area contributed by atoms with Crippen molar-refractivity contribution in [2.45, 2.75) is 20.8 Å². The van der Waals surface area contributed by atoms with E-state index in [0.717, 1.165) is 0 Å². The number of hydrogen-bond acceptors (Lipinski definition) is 4. The van der Waals surface area contributed by atoms with Crippen molar-refractivity contribution in [3.05, 3.63) is 10.1 Å².